The van der Waals surface area contributed by atoms with Gasteiger partial charge in [0.05, 0.1) is 0 Å². The molecule has 0 aromatic rings. The van der Waals surface area contributed by atoms with Gasteiger partial charge >= 0.3 is 0 Å². The van der Waals surface area contributed by atoms with E-state index in [0.29, 0.717) is 5.41 Å². The first-order valence-electron chi connectivity index (χ1n) is 5.65. The molecule has 0 spiro atoms. The number of nitrogens with one attached hydrogen (secondary N) is 1. The normalized spacial score (nSPS) is 37.1. The Kier molecular flexibility index (Phi) is 2.84. The lowest BCUT2D eigenvalue weighted by Crippen LogP contribution is -2.64. The van der Waals surface area contributed by atoms with Crippen molar-refractivity contribution in [2.24, 2.45) is 11.1 Å². The first kappa shape index (κ1) is 10.8. The highest BCUT2D eigenvalue weighted by molar-refractivity contribution is 7.99. The summed E-state index contributed by atoms with van der Waals surface area (Å²) in [4.78, 5) is 0. The molecule has 82 valence electrons. The lowest BCUT2D eigenvalue weighted by Gasteiger charge is -2.50. The van der Waals surface area contributed by atoms with Gasteiger partial charge in [0.25, 0.3) is 0 Å². The Hall–Kier alpha value is 0.270. The summed E-state index contributed by atoms with van der Waals surface area (Å²) in [6.07, 6.45) is 3.99. The molecule has 1 atom stereocenters. The number of rotatable bonds is 3. The Morgan fingerprint density at radius 1 is 1.43 bits per heavy atom. The monoisotopic (exact) mass is 214 g/mol. The smallest absolute Gasteiger partial charge is 0.0449 e. The van der Waals surface area contributed by atoms with Crippen molar-refractivity contribution in [3.8, 4) is 0 Å². The Bertz CT molecular complexity index is 213. The van der Waals surface area contributed by atoms with E-state index in [1.54, 1.807) is 0 Å². The second kappa shape index (κ2) is 3.69. The zero-order chi connectivity index (χ0) is 10.2. The zero-order valence-electron chi connectivity index (χ0n) is 9.31. The van der Waals surface area contributed by atoms with Crippen molar-refractivity contribution in [2.75, 3.05) is 18.1 Å². The van der Waals surface area contributed by atoms with E-state index in [4.69, 9.17) is 5.73 Å². The van der Waals surface area contributed by atoms with Crippen LogP contribution < -0.4 is 11.1 Å². The van der Waals surface area contributed by atoms with E-state index in [-0.39, 0.29) is 5.54 Å². The molecular formula is C11H22N2S. The quantitative estimate of drug-likeness (QED) is 0.749. The second-order valence-corrected chi connectivity index (χ2v) is 6.50. The van der Waals surface area contributed by atoms with Gasteiger partial charge in [-0.1, -0.05) is 13.8 Å². The van der Waals surface area contributed by atoms with Crippen LogP contribution in [0.5, 0.6) is 0 Å². The Morgan fingerprint density at radius 2 is 2.14 bits per heavy atom. The van der Waals surface area contributed by atoms with Gasteiger partial charge in [0.2, 0.25) is 0 Å². The lowest BCUT2D eigenvalue weighted by atomic mass is 9.70. The number of nitrogens with two attached hydrogens (primary N) is 1. The fourth-order valence-electron chi connectivity index (χ4n) is 2.26. The zero-order valence-corrected chi connectivity index (χ0v) is 10.1. The van der Waals surface area contributed by atoms with Crippen LogP contribution >= 0.6 is 11.8 Å². The van der Waals surface area contributed by atoms with Crippen molar-refractivity contribution in [1.82, 2.24) is 5.32 Å². The van der Waals surface area contributed by atoms with Gasteiger partial charge in [-0.25, -0.2) is 0 Å². The fourth-order valence-corrected chi connectivity index (χ4v) is 4.00. The summed E-state index contributed by atoms with van der Waals surface area (Å²) in [5.74, 6) is 2.48. The van der Waals surface area contributed by atoms with Crippen LogP contribution in [-0.2, 0) is 0 Å². The lowest BCUT2D eigenvalue weighted by molar-refractivity contribution is 0.135. The highest BCUT2D eigenvalue weighted by Gasteiger charge is 2.48. The summed E-state index contributed by atoms with van der Waals surface area (Å²) < 4.78 is 0. The van der Waals surface area contributed by atoms with Gasteiger partial charge in [0, 0.05) is 23.9 Å². The molecule has 2 rings (SSSR count). The van der Waals surface area contributed by atoms with Crippen molar-refractivity contribution in [3.63, 3.8) is 0 Å². The summed E-state index contributed by atoms with van der Waals surface area (Å²) in [7, 11) is 0. The maximum Gasteiger partial charge on any atom is 0.0449 e. The van der Waals surface area contributed by atoms with Crippen molar-refractivity contribution >= 4 is 11.8 Å². The van der Waals surface area contributed by atoms with Crippen LogP contribution in [0.3, 0.4) is 0 Å². The van der Waals surface area contributed by atoms with Crippen LogP contribution in [0, 0.1) is 5.41 Å². The minimum Gasteiger partial charge on any atom is -0.329 e. The molecule has 1 aliphatic heterocycles. The van der Waals surface area contributed by atoms with Gasteiger partial charge in [0.15, 0.2) is 0 Å². The molecule has 14 heavy (non-hydrogen) atoms. The Morgan fingerprint density at radius 3 is 2.64 bits per heavy atom. The first-order chi connectivity index (χ1) is 6.60. The maximum absolute atomic E-state index is 6.01. The van der Waals surface area contributed by atoms with E-state index in [1.807, 2.05) is 0 Å². The van der Waals surface area contributed by atoms with Crippen LogP contribution in [0.2, 0.25) is 0 Å². The predicted molar refractivity (Wildman–Crippen MR) is 63.7 cm³/mol. The molecule has 2 nitrogen and oxygen atoms in total. The van der Waals surface area contributed by atoms with E-state index in [9.17, 15) is 0 Å². The standard InChI is InChI=1S/C11H22N2S/c1-10(2)5-6-14-8-11(10,7-12)13-9-3-4-9/h9,13H,3-8,12H2,1-2H3. The molecular weight excluding hydrogens is 192 g/mol. The molecule has 0 radical (unpaired) electrons. The molecule has 0 amide bonds. The summed E-state index contributed by atoms with van der Waals surface area (Å²) in [6, 6.07) is 0.761. The summed E-state index contributed by atoms with van der Waals surface area (Å²) in [5, 5.41) is 3.80. The van der Waals surface area contributed by atoms with Crippen molar-refractivity contribution < 1.29 is 0 Å². The predicted octanol–water partition coefficient (Wildman–Crippen LogP) is 1.60. The first-order valence-corrected chi connectivity index (χ1v) is 6.81. The molecule has 2 aliphatic rings. The Balaban J connectivity index is 2.12. The van der Waals surface area contributed by atoms with Gasteiger partial charge in [-0.3, -0.25) is 0 Å². The second-order valence-electron chi connectivity index (χ2n) is 5.39. The Labute approximate surface area is 91.4 Å². The third-order valence-corrected chi connectivity index (χ3v) is 5.11. The van der Waals surface area contributed by atoms with E-state index in [1.165, 1.54) is 30.8 Å². The molecule has 2 fully saturated rings. The van der Waals surface area contributed by atoms with Gasteiger partial charge < -0.3 is 11.1 Å². The molecule has 1 saturated carbocycles. The molecule has 0 aromatic carbocycles. The summed E-state index contributed by atoms with van der Waals surface area (Å²) in [6.45, 7) is 5.52. The molecule has 1 aliphatic carbocycles. The van der Waals surface area contributed by atoms with Crippen molar-refractivity contribution in [2.45, 2.75) is 44.7 Å². The van der Waals surface area contributed by atoms with Gasteiger partial charge in [-0.2, -0.15) is 11.8 Å². The largest absolute Gasteiger partial charge is 0.329 e. The van der Waals surface area contributed by atoms with Crippen LogP contribution in [0.15, 0.2) is 0 Å². The van der Waals surface area contributed by atoms with E-state index in [2.05, 4.69) is 30.9 Å². The average molecular weight is 214 g/mol. The third kappa shape index (κ3) is 1.82. The topological polar surface area (TPSA) is 38.0 Å². The fraction of sp³-hybridized carbons (Fsp3) is 1.00. The molecule has 1 saturated heterocycles. The van der Waals surface area contributed by atoms with Gasteiger partial charge in [-0.15, -0.1) is 0 Å². The molecule has 0 aromatic heterocycles. The molecule has 3 heteroatoms. The molecule has 3 N–H and O–H groups in total. The van der Waals surface area contributed by atoms with Crippen LogP contribution in [0.25, 0.3) is 0 Å². The molecule has 1 heterocycles. The number of hydrogen-bond acceptors (Lipinski definition) is 3. The van der Waals surface area contributed by atoms with Crippen LogP contribution in [-0.4, -0.2) is 29.6 Å². The maximum atomic E-state index is 6.01. The average Bonchev–Trinajstić information content (AvgIpc) is 2.92. The highest BCUT2D eigenvalue weighted by atomic mass is 32.2. The van der Waals surface area contributed by atoms with Crippen LogP contribution in [0.1, 0.15) is 33.1 Å². The van der Waals surface area contributed by atoms with E-state index >= 15 is 0 Å². The van der Waals surface area contributed by atoms with Gasteiger partial charge in [-0.05, 0) is 30.4 Å². The SMILES string of the molecule is CC1(C)CCSCC1(CN)NC1CC1. The van der Waals surface area contributed by atoms with E-state index in [0.717, 1.165) is 12.6 Å². The van der Waals surface area contributed by atoms with Gasteiger partial charge in [0.1, 0.15) is 0 Å². The van der Waals surface area contributed by atoms with Crippen LogP contribution in [0.4, 0.5) is 0 Å². The van der Waals surface area contributed by atoms with Crippen molar-refractivity contribution in [1.29, 1.82) is 0 Å². The third-order valence-electron chi connectivity index (χ3n) is 3.92. The summed E-state index contributed by atoms with van der Waals surface area (Å²) in [5.41, 5.74) is 6.56. The van der Waals surface area contributed by atoms with Crippen molar-refractivity contribution in [3.05, 3.63) is 0 Å². The molecule has 0 bridgehead atoms. The minimum atomic E-state index is 0.192. The molecule has 1 unspecified atom stereocenters. The highest BCUT2D eigenvalue weighted by Crippen LogP contribution is 2.43. The number of thioether (sulfide) groups is 1. The summed E-state index contributed by atoms with van der Waals surface area (Å²) >= 11 is 2.06. The minimum absolute atomic E-state index is 0.192. The van der Waals surface area contributed by atoms with E-state index < -0.39 is 0 Å². The number of hydrogen-bond donors (Lipinski definition) is 2.